The SMILES string of the molecule is Cc1cc(-c2cnc3[nH]cc(-c4ccc(C(=O)N(C)C)cc4)c3n2)cc2c1N1CCN(C)C[C@H]1COC2. The highest BCUT2D eigenvalue weighted by Gasteiger charge is 2.31. The number of aromatic nitrogens is 3. The van der Waals surface area contributed by atoms with Gasteiger partial charge in [0.25, 0.3) is 5.91 Å². The monoisotopic (exact) mass is 496 g/mol. The Morgan fingerprint density at radius 1 is 1.14 bits per heavy atom. The lowest BCUT2D eigenvalue weighted by Gasteiger charge is -2.41. The van der Waals surface area contributed by atoms with Crippen molar-refractivity contribution < 1.29 is 9.53 Å². The zero-order chi connectivity index (χ0) is 25.7. The lowest BCUT2D eigenvalue weighted by atomic mass is 9.99. The Morgan fingerprint density at radius 3 is 2.73 bits per heavy atom. The average molecular weight is 497 g/mol. The van der Waals surface area contributed by atoms with E-state index < -0.39 is 0 Å². The second-order valence-corrected chi connectivity index (χ2v) is 10.4. The Balaban J connectivity index is 1.37. The molecule has 1 atom stereocenters. The number of benzene rings is 2. The minimum atomic E-state index is -0.0157. The summed E-state index contributed by atoms with van der Waals surface area (Å²) in [6.07, 6.45) is 3.76. The number of hydrogen-bond donors (Lipinski definition) is 1. The van der Waals surface area contributed by atoms with Gasteiger partial charge in [-0.3, -0.25) is 4.79 Å². The highest BCUT2D eigenvalue weighted by Crippen LogP contribution is 2.36. The molecule has 8 heteroatoms. The lowest BCUT2D eigenvalue weighted by molar-refractivity contribution is 0.0827. The molecule has 0 radical (unpaired) electrons. The first-order valence-corrected chi connectivity index (χ1v) is 12.7. The van der Waals surface area contributed by atoms with Gasteiger partial charge in [-0.25, -0.2) is 9.97 Å². The minimum Gasteiger partial charge on any atom is -0.375 e. The summed E-state index contributed by atoms with van der Waals surface area (Å²) in [7, 11) is 5.69. The summed E-state index contributed by atoms with van der Waals surface area (Å²) in [5.41, 5.74) is 9.79. The third kappa shape index (κ3) is 4.26. The van der Waals surface area contributed by atoms with Crippen molar-refractivity contribution in [3.05, 3.63) is 65.5 Å². The van der Waals surface area contributed by atoms with Crippen LogP contribution in [0.1, 0.15) is 21.5 Å². The molecule has 4 aromatic rings. The van der Waals surface area contributed by atoms with Gasteiger partial charge in [0.15, 0.2) is 5.65 Å². The highest BCUT2D eigenvalue weighted by molar-refractivity contribution is 5.96. The number of carbonyl (C=O) groups is 1. The molecule has 0 saturated carbocycles. The average Bonchev–Trinajstić information content (AvgIpc) is 3.23. The molecule has 0 spiro atoms. The van der Waals surface area contributed by atoms with Crippen LogP contribution in [0, 0.1) is 6.92 Å². The summed E-state index contributed by atoms with van der Waals surface area (Å²) in [5.74, 6) is -0.0157. The molecule has 1 saturated heterocycles. The molecule has 4 heterocycles. The Bertz CT molecular complexity index is 1480. The summed E-state index contributed by atoms with van der Waals surface area (Å²) in [5, 5.41) is 0. The van der Waals surface area contributed by atoms with Crippen LogP contribution in [0.5, 0.6) is 0 Å². The highest BCUT2D eigenvalue weighted by atomic mass is 16.5. The van der Waals surface area contributed by atoms with E-state index in [1.807, 2.05) is 36.7 Å². The Hall–Kier alpha value is -3.75. The van der Waals surface area contributed by atoms with E-state index in [4.69, 9.17) is 9.72 Å². The van der Waals surface area contributed by atoms with Crippen LogP contribution in [0.25, 0.3) is 33.5 Å². The number of piperazine rings is 1. The van der Waals surface area contributed by atoms with Crippen LogP contribution in [0.4, 0.5) is 5.69 Å². The van der Waals surface area contributed by atoms with E-state index >= 15 is 0 Å². The van der Waals surface area contributed by atoms with Crippen LogP contribution in [-0.2, 0) is 11.3 Å². The molecule has 37 heavy (non-hydrogen) atoms. The predicted octanol–water partition coefficient (Wildman–Crippen LogP) is 3.95. The van der Waals surface area contributed by atoms with Crippen LogP contribution in [-0.4, -0.2) is 84.1 Å². The normalized spacial score (nSPS) is 17.8. The number of H-pyrrole nitrogens is 1. The number of likely N-dealkylation sites (N-methyl/N-ethyl adjacent to an activating group) is 1. The Labute approximate surface area is 216 Å². The second-order valence-electron chi connectivity index (χ2n) is 10.4. The molecule has 2 aliphatic heterocycles. The number of aryl methyl sites for hydroxylation is 1. The van der Waals surface area contributed by atoms with E-state index in [1.54, 1.807) is 19.0 Å². The van der Waals surface area contributed by atoms with Crippen LogP contribution in [0.15, 0.2) is 48.8 Å². The summed E-state index contributed by atoms with van der Waals surface area (Å²) in [4.78, 5) is 31.7. The molecule has 0 aliphatic carbocycles. The van der Waals surface area contributed by atoms with Gasteiger partial charge in [-0.2, -0.15) is 0 Å². The molecule has 6 rings (SSSR count). The van der Waals surface area contributed by atoms with E-state index in [9.17, 15) is 4.79 Å². The van der Waals surface area contributed by atoms with Gasteiger partial charge < -0.3 is 24.4 Å². The molecule has 2 aromatic heterocycles. The lowest BCUT2D eigenvalue weighted by Crippen LogP contribution is -2.53. The molecule has 8 nitrogen and oxygen atoms in total. The first-order chi connectivity index (χ1) is 17.9. The number of nitrogens with one attached hydrogen (secondary N) is 1. The predicted molar refractivity (Wildman–Crippen MR) is 146 cm³/mol. The molecule has 190 valence electrons. The van der Waals surface area contributed by atoms with Crippen molar-refractivity contribution in [2.24, 2.45) is 0 Å². The van der Waals surface area contributed by atoms with Gasteiger partial charge in [-0.1, -0.05) is 12.1 Å². The third-order valence-electron chi connectivity index (χ3n) is 7.45. The van der Waals surface area contributed by atoms with Gasteiger partial charge in [0.05, 0.1) is 31.1 Å². The zero-order valence-corrected chi connectivity index (χ0v) is 21.8. The number of nitrogens with zero attached hydrogens (tertiary/aromatic N) is 5. The Kier molecular flexibility index (Phi) is 5.93. The van der Waals surface area contributed by atoms with Gasteiger partial charge in [-0.15, -0.1) is 0 Å². The maximum absolute atomic E-state index is 12.3. The number of ether oxygens (including phenoxy) is 1. The molecular weight excluding hydrogens is 464 g/mol. The van der Waals surface area contributed by atoms with Crippen molar-refractivity contribution in [1.29, 1.82) is 0 Å². The number of fused-ring (bicyclic) bond motifs is 4. The molecule has 1 amide bonds. The standard InChI is InChI=1S/C29H32N6O2/c1-18-11-21(12-22-16-37-17-23-15-34(4)9-10-35(23)27(18)22)25-14-31-28-26(32-25)24(13-30-28)19-5-7-20(8-6-19)29(36)33(2)3/h5-8,11-14,23H,9-10,15-17H2,1-4H3,(H,30,31)/t23-/m0/s1. The maximum Gasteiger partial charge on any atom is 0.253 e. The number of anilines is 1. The fraction of sp³-hybridized carbons (Fsp3) is 0.345. The fourth-order valence-electron chi connectivity index (χ4n) is 5.58. The molecule has 2 aromatic carbocycles. The van der Waals surface area contributed by atoms with E-state index in [-0.39, 0.29) is 5.91 Å². The van der Waals surface area contributed by atoms with E-state index in [0.29, 0.717) is 18.2 Å². The smallest absolute Gasteiger partial charge is 0.253 e. The minimum absolute atomic E-state index is 0.0157. The van der Waals surface area contributed by atoms with Crippen LogP contribution < -0.4 is 4.90 Å². The molecule has 2 aliphatic rings. The van der Waals surface area contributed by atoms with Crippen LogP contribution in [0.3, 0.4) is 0 Å². The summed E-state index contributed by atoms with van der Waals surface area (Å²) < 4.78 is 6.12. The molecular formula is C29H32N6O2. The van der Waals surface area contributed by atoms with Crippen molar-refractivity contribution in [2.75, 3.05) is 52.3 Å². The van der Waals surface area contributed by atoms with E-state index in [2.05, 4.69) is 45.9 Å². The number of hydrogen-bond acceptors (Lipinski definition) is 6. The topological polar surface area (TPSA) is 77.6 Å². The summed E-state index contributed by atoms with van der Waals surface area (Å²) in [6.45, 7) is 6.61. The van der Waals surface area contributed by atoms with Gasteiger partial charge in [0, 0.05) is 67.9 Å². The largest absolute Gasteiger partial charge is 0.375 e. The van der Waals surface area contributed by atoms with Crippen molar-refractivity contribution >= 4 is 22.8 Å². The number of carbonyl (C=O) groups excluding carboxylic acids is 1. The summed E-state index contributed by atoms with van der Waals surface area (Å²) >= 11 is 0. The zero-order valence-electron chi connectivity index (χ0n) is 21.8. The third-order valence-corrected chi connectivity index (χ3v) is 7.45. The van der Waals surface area contributed by atoms with Crippen molar-refractivity contribution in [2.45, 2.75) is 19.6 Å². The van der Waals surface area contributed by atoms with Gasteiger partial charge in [0.2, 0.25) is 0 Å². The van der Waals surface area contributed by atoms with Gasteiger partial charge in [-0.05, 0) is 49.4 Å². The van der Waals surface area contributed by atoms with Crippen molar-refractivity contribution in [1.82, 2.24) is 24.8 Å². The maximum atomic E-state index is 12.3. The van der Waals surface area contributed by atoms with E-state index in [1.165, 1.54) is 16.8 Å². The number of aromatic amines is 1. The van der Waals surface area contributed by atoms with Crippen molar-refractivity contribution in [3.8, 4) is 22.4 Å². The fourth-order valence-corrected chi connectivity index (χ4v) is 5.58. The first kappa shape index (κ1) is 23.6. The number of amides is 1. The van der Waals surface area contributed by atoms with E-state index in [0.717, 1.165) is 59.8 Å². The van der Waals surface area contributed by atoms with Crippen LogP contribution >= 0.6 is 0 Å². The molecule has 1 N–H and O–H groups in total. The van der Waals surface area contributed by atoms with Crippen molar-refractivity contribution in [3.63, 3.8) is 0 Å². The quantitative estimate of drug-likeness (QED) is 0.463. The van der Waals surface area contributed by atoms with Gasteiger partial charge in [0.1, 0.15) is 5.52 Å². The first-order valence-electron chi connectivity index (χ1n) is 12.7. The Morgan fingerprint density at radius 2 is 1.95 bits per heavy atom. The molecule has 1 fully saturated rings. The number of rotatable bonds is 3. The molecule has 0 unspecified atom stereocenters. The van der Waals surface area contributed by atoms with Gasteiger partial charge >= 0.3 is 0 Å². The second kappa shape index (κ2) is 9.28. The summed E-state index contributed by atoms with van der Waals surface area (Å²) in [6, 6.07) is 12.5. The van der Waals surface area contributed by atoms with Crippen LogP contribution in [0.2, 0.25) is 0 Å². The molecule has 0 bridgehead atoms.